The van der Waals surface area contributed by atoms with Crippen LogP contribution in [0.5, 0.6) is 5.75 Å². The molecule has 25 heavy (non-hydrogen) atoms. The molecule has 2 aromatic rings. The minimum Gasteiger partial charge on any atom is -0.480 e. The van der Waals surface area contributed by atoms with E-state index in [1.54, 1.807) is 18.2 Å². The second-order valence-corrected chi connectivity index (χ2v) is 5.72. The van der Waals surface area contributed by atoms with Gasteiger partial charge in [-0.05, 0) is 48.5 Å². The van der Waals surface area contributed by atoms with Gasteiger partial charge in [-0.1, -0.05) is 21.9 Å². The summed E-state index contributed by atoms with van der Waals surface area (Å²) in [5.74, 6) is 1.77. The molecule has 0 aliphatic heterocycles. The number of carbonyl (C=O) groups excluding carboxylic acids is 1. The highest BCUT2D eigenvalue weighted by molar-refractivity contribution is 9.10. The lowest BCUT2D eigenvalue weighted by molar-refractivity contribution is -0.112. The minimum absolute atomic E-state index is 0.0616. The van der Waals surface area contributed by atoms with Crippen molar-refractivity contribution >= 4 is 33.6 Å². The zero-order valence-corrected chi connectivity index (χ0v) is 14.5. The highest BCUT2D eigenvalue weighted by atomic mass is 79.9. The molecule has 0 fully saturated rings. The van der Waals surface area contributed by atoms with Crippen molar-refractivity contribution in [2.75, 3.05) is 11.9 Å². The van der Waals surface area contributed by atoms with Crippen LogP contribution in [0.4, 0.5) is 10.1 Å². The van der Waals surface area contributed by atoms with E-state index in [-0.39, 0.29) is 12.2 Å². The summed E-state index contributed by atoms with van der Waals surface area (Å²) in [4.78, 5) is 12.3. The van der Waals surface area contributed by atoms with Gasteiger partial charge >= 0.3 is 0 Å². The van der Waals surface area contributed by atoms with Gasteiger partial charge in [0.25, 0.3) is 5.91 Å². The van der Waals surface area contributed by atoms with Gasteiger partial charge in [-0.3, -0.25) is 4.79 Å². The maximum Gasteiger partial charge on any atom is 0.266 e. The van der Waals surface area contributed by atoms with E-state index in [0.717, 1.165) is 4.47 Å². The maximum absolute atomic E-state index is 12.9. The van der Waals surface area contributed by atoms with Crippen molar-refractivity contribution in [1.29, 1.82) is 5.26 Å². The van der Waals surface area contributed by atoms with Crippen LogP contribution in [0.15, 0.2) is 52.5 Å². The van der Waals surface area contributed by atoms with Crippen LogP contribution in [0.3, 0.4) is 0 Å². The predicted octanol–water partition coefficient (Wildman–Crippen LogP) is 4.15. The van der Waals surface area contributed by atoms with E-state index in [1.165, 1.54) is 30.3 Å². The van der Waals surface area contributed by atoms with Crippen molar-refractivity contribution in [3.63, 3.8) is 0 Å². The largest absolute Gasteiger partial charge is 0.480 e. The van der Waals surface area contributed by atoms with Crippen LogP contribution in [-0.2, 0) is 4.79 Å². The summed E-state index contributed by atoms with van der Waals surface area (Å²) >= 11 is 3.33. The van der Waals surface area contributed by atoms with Crippen LogP contribution in [0, 0.1) is 29.5 Å². The van der Waals surface area contributed by atoms with Gasteiger partial charge in [0.15, 0.2) is 0 Å². The summed E-state index contributed by atoms with van der Waals surface area (Å²) in [6, 6.07) is 12.2. The van der Waals surface area contributed by atoms with Gasteiger partial charge < -0.3 is 10.1 Å². The number of terminal acetylenes is 1. The molecule has 0 saturated heterocycles. The molecular weight excluding hydrogens is 387 g/mol. The first-order valence-electron chi connectivity index (χ1n) is 7.08. The van der Waals surface area contributed by atoms with Gasteiger partial charge in [-0.2, -0.15) is 5.26 Å². The number of hydrogen-bond donors (Lipinski definition) is 1. The van der Waals surface area contributed by atoms with E-state index >= 15 is 0 Å². The molecule has 0 atom stereocenters. The lowest BCUT2D eigenvalue weighted by Crippen LogP contribution is -2.13. The van der Waals surface area contributed by atoms with Gasteiger partial charge in [0.1, 0.15) is 29.8 Å². The monoisotopic (exact) mass is 398 g/mol. The van der Waals surface area contributed by atoms with Gasteiger partial charge in [-0.15, -0.1) is 6.42 Å². The zero-order valence-electron chi connectivity index (χ0n) is 12.9. The lowest BCUT2D eigenvalue weighted by Gasteiger charge is -2.08. The van der Waals surface area contributed by atoms with Crippen LogP contribution < -0.4 is 10.1 Å². The van der Waals surface area contributed by atoms with Gasteiger partial charge in [-0.25, -0.2) is 4.39 Å². The Morgan fingerprint density at radius 3 is 2.68 bits per heavy atom. The van der Waals surface area contributed by atoms with E-state index in [4.69, 9.17) is 11.2 Å². The van der Waals surface area contributed by atoms with Crippen LogP contribution in [0.1, 0.15) is 5.56 Å². The molecule has 0 aliphatic rings. The number of anilines is 1. The molecule has 0 aliphatic carbocycles. The fraction of sp³-hybridized carbons (Fsp3) is 0.0526. The molecule has 0 spiro atoms. The average molecular weight is 399 g/mol. The zero-order chi connectivity index (χ0) is 18.2. The molecule has 2 aromatic carbocycles. The van der Waals surface area contributed by atoms with E-state index in [1.807, 2.05) is 6.07 Å². The number of benzene rings is 2. The second-order valence-electron chi connectivity index (χ2n) is 4.81. The quantitative estimate of drug-likeness (QED) is 0.467. The number of nitrogens with zero attached hydrogens (tertiary/aromatic N) is 1. The Kier molecular flexibility index (Phi) is 6.33. The first kappa shape index (κ1) is 18.3. The molecule has 4 nitrogen and oxygen atoms in total. The Morgan fingerprint density at radius 1 is 1.32 bits per heavy atom. The standard InChI is InChI=1S/C19H12BrFN2O2/c1-2-9-25-18-8-3-15(20)11-13(18)10-14(12-22)19(24)23-17-6-4-16(21)5-7-17/h1,3-8,10-11H,9H2,(H,23,24)/b14-10-. The first-order chi connectivity index (χ1) is 12.0. The van der Waals surface area contributed by atoms with E-state index in [2.05, 4.69) is 27.2 Å². The number of nitriles is 1. The topological polar surface area (TPSA) is 62.1 Å². The van der Waals surface area contributed by atoms with Crippen molar-refractivity contribution in [3.05, 3.63) is 63.9 Å². The number of rotatable bonds is 5. The third-order valence-electron chi connectivity index (χ3n) is 3.05. The molecule has 0 bridgehead atoms. The Bertz CT molecular complexity index is 893. The summed E-state index contributed by atoms with van der Waals surface area (Å²) in [5.41, 5.74) is 0.772. The van der Waals surface area contributed by atoms with Crippen molar-refractivity contribution in [1.82, 2.24) is 0 Å². The fourth-order valence-electron chi connectivity index (χ4n) is 1.92. The highest BCUT2D eigenvalue weighted by Gasteiger charge is 2.12. The summed E-state index contributed by atoms with van der Waals surface area (Å²) < 4.78 is 19.1. The SMILES string of the molecule is C#CCOc1ccc(Br)cc1/C=C(/C#N)C(=O)Nc1ccc(F)cc1. The Morgan fingerprint density at radius 2 is 2.04 bits per heavy atom. The van der Waals surface area contributed by atoms with Crippen molar-refractivity contribution in [2.45, 2.75) is 0 Å². The Balaban J connectivity index is 2.29. The predicted molar refractivity (Wildman–Crippen MR) is 97.1 cm³/mol. The van der Waals surface area contributed by atoms with Crippen LogP contribution in [0.25, 0.3) is 6.08 Å². The molecule has 0 aromatic heterocycles. The van der Waals surface area contributed by atoms with Gasteiger partial charge in [0.2, 0.25) is 0 Å². The number of hydrogen-bond acceptors (Lipinski definition) is 3. The maximum atomic E-state index is 12.9. The number of amides is 1. The lowest BCUT2D eigenvalue weighted by atomic mass is 10.1. The third kappa shape index (κ3) is 5.20. The van der Waals surface area contributed by atoms with Crippen LogP contribution in [-0.4, -0.2) is 12.5 Å². The summed E-state index contributed by atoms with van der Waals surface area (Å²) in [6.07, 6.45) is 6.58. The molecule has 0 saturated carbocycles. The summed E-state index contributed by atoms with van der Waals surface area (Å²) in [7, 11) is 0. The summed E-state index contributed by atoms with van der Waals surface area (Å²) in [5, 5.41) is 11.8. The molecular formula is C19H12BrFN2O2. The molecule has 6 heteroatoms. The average Bonchev–Trinajstić information content (AvgIpc) is 2.60. The molecule has 2 rings (SSSR count). The molecule has 1 N–H and O–H groups in total. The normalized spacial score (nSPS) is 10.5. The third-order valence-corrected chi connectivity index (χ3v) is 3.54. The van der Waals surface area contributed by atoms with Crippen molar-refractivity contribution in [3.8, 4) is 24.2 Å². The minimum atomic E-state index is -0.614. The number of nitrogens with one attached hydrogen (secondary N) is 1. The molecule has 124 valence electrons. The fourth-order valence-corrected chi connectivity index (χ4v) is 2.30. The molecule has 0 radical (unpaired) electrons. The van der Waals surface area contributed by atoms with E-state index in [0.29, 0.717) is 17.0 Å². The van der Waals surface area contributed by atoms with E-state index < -0.39 is 11.7 Å². The Hall–Kier alpha value is -3.09. The molecule has 0 unspecified atom stereocenters. The molecule has 0 heterocycles. The highest BCUT2D eigenvalue weighted by Crippen LogP contribution is 2.26. The second kappa shape index (κ2) is 8.68. The first-order valence-corrected chi connectivity index (χ1v) is 7.87. The summed E-state index contributed by atoms with van der Waals surface area (Å²) in [6.45, 7) is 0.0616. The Labute approximate surface area is 153 Å². The molecule has 1 amide bonds. The smallest absolute Gasteiger partial charge is 0.266 e. The van der Waals surface area contributed by atoms with Gasteiger partial charge in [0, 0.05) is 15.7 Å². The van der Waals surface area contributed by atoms with Crippen molar-refractivity contribution in [2.24, 2.45) is 0 Å². The number of ether oxygens (including phenoxy) is 1. The number of halogens is 2. The van der Waals surface area contributed by atoms with E-state index in [9.17, 15) is 14.4 Å². The van der Waals surface area contributed by atoms with Crippen LogP contribution >= 0.6 is 15.9 Å². The van der Waals surface area contributed by atoms with Gasteiger partial charge in [0.05, 0.1) is 0 Å². The van der Waals surface area contributed by atoms with Crippen molar-refractivity contribution < 1.29 is 13.9 Å². The van der Waals surface area contributed by atoms with Crippen LogP contribution in [0.2, 0.25) is 0 Å². The number of carbonyl (C=O) groups is 1.